The number of rotatable bonds is 5. The van der Waals surface area contributed by atoms with E-state index >= 15 is 0 Å². The Morgan fingerprint density at radius 3 is 2.57 bits per heavy atom. The van der Waals surface area contributed by atoms with Gasteiger partial charge < -0.3 is 5.32 Å². The Morgan fingerprint density at radius 1 is 1.17 bits per heavy atom. The molecular weight excluding hydrogens is 334 g/mol. The molecule has 0 aromatic heterocycles. The number of carbonyl (C=O) groups excluding carboxylic acids is 1. The molecule has 0 bridgehead atoms. The number of sulfone groups is 1. The fourth-order valence-electron chi connectivity index (χ4n) is 2.22. The summed E-state index contributed by atoms with van der Waals surface area (Å²) >= 11 is 5.94. The Labute approximate surface area is 141 Å². The Bertz CT molecular complexity index is 831. The lowest BCUT2D eigenvalue weighted by atomic mass is 10.1. The zero-order valence-corrected chi connectivity index (χ0v) is 14.5. The van der Waals surface area contributed by atoms with Crippen molar-refractivity contribution in [1.82, 2.24) is 0 Å². The number of hydrogen-bond donors (Lipinski definition) is 1. The molecule has 0 fully saturated rings. The second-order valence-electron chi connectivity index (χ2n) is 5.23. The average Bonchev–Trinajstić information content (AvgIpc) is 2.51. The van der Waals surface area contributed by atoms with Crippen LogP contribution in [0.3, 0.4) is 0 Å². The Hall–Kier alpha value is -1.85. The maximum absolute atomic E-state index is 12.5. The summed E-state index contributed by atoms with van der Waals surface area (Å²) in [5.41, 5.74) is 1.54. The summed E-state index contributed by atoms with van der Waals surface area (Å²) in [5, 5.41) is 3.23. The first-order chi connectivity index (χ1) is 10.8. The molecule has 122 valence electrons. The van der Waals surface area contributed by atoms with Crippen molar-refractivity contribution >= 4 is 33.0 Å². The van der Waals surface area contributed by atoms with Gasteiger partial charge >= 0.3 is 0 Å². The molecule has 2 rings (SSSR count). The van der Waals surface area contributed by atoms with Crippen LogP contribution in [0.5, 0.6) is 0 Å². The quantitative estimate of drug-likeness (QED) is 0.882. The van der Waals surface area contributed by atoms with Crippen LogP contribution in [0.4, 0.5) is 5.69 Å². The molecule has 0 radical (unpaired) electrons. The van der Waals surface area contributed by atoms with Crippen LogP contribution in [0.1, 0.15) is 29.3 Å². The summed E-state index contributed by atoms with van der Waals surface area (Å²) in [6.45, 7) is 3.63. The SMILES string of the molecule is CCCS(=O)(=O)c1ccccc1C(=O)Nc1cc(Cl)ccc1C. The fraction of sp³-hybridized carbons (Fsp3) is 0.235. The highest BCUT2D eigenvalue weighted by atomic mass is 35.5. The van der Waals surface area contributed by atoms with Crippen LogP contribution in [0.15, 0.2) is 47.4 Å². The number of nitrogens with one attached hydrogen (secondary N) is 1. The van der Waals surface area contributed by atoms with Crippen molar-refractivity contribution in [2.75, 3.05) is 11.1 Å². The highest BCUT2D eigenvalue weighted by Crippen LogP contribution is 2.23. The topological polar surface area (TPSA) is 63.2 Å². The fourth-order valence-corrected chi connectivity index (χ4v) is 3.93. The van der Waals surface area contributed by atoms with E-state index in [1.54, 1.807) is 37.3 Å². The number of anilines is 1. The summed E-state index contributed by atoms with van der Waals surface area (Å²) in [6, 6.07) is 11.4. The van der Waals surface area contributed by atoms with Gasteiger partial charge in [0, 0.05) is 10.7 Å². The molecule has 0 saturated carbocycles. The van der Waals surface area contributed by atoms with Crippen molar-refractivity contribution in [2.24, 2.45) is 0 Å². The molecule has 0 aliphatic rings. The van der Waals surface area contributed by atoms with Gasteiger partial charge in [0.2, 0.25) is 0 Å². The predicted molar refractivity (Wildman–Crippen MR) is 92.9 cm³/mol. The maximum Gasteiger partial charge on any atom is 0.256 e. The lowest BCUT2D eigenvalue weighted by Gasteiger charge is -2.12. The zero-order chi connectivity index (χ0) is 17.0. The first-order valence-corrected chi connectivity index (χ1v) is 9.27. The molecule has 4 nitrogen and oxygen atoms in total. The van der Waals surface area contributed by atoms with Crippen molar-refractivity contribution in [3.8, 4) is 0 Å². The van der Waals surface area contributed by atoms with E-state index in [2.05, 4.69) is 5.32 Å². The van der Waals surface area contributed by atoms with E-state index in [4.69, 9.17) is 11.6 Å². The van der Waals surface area contributed by atoms with Crippen LogP contribution in [-0.4, -0.2) is 20.1 Å². The number of aryl methyl sites for hydroxylation is 1. The minimum Gasteiger partial charge on any atom is -0.322 e. The van der Waals surface area contributed by atoms with Crippen molar-refractivity contribution < 1.29 is 13.2 Å². The van der Waals surface area contributed by atoms with Gasteiger partial charge in [-0.3, -0.25) is 4.79 Å². The van der Waals surface area contributed by atoms with Crippen LogP contribution in [0.25, 0.3) is 0 Å². The van der Waals surface area contributed by atoms with E-state index < -0.39 is 15.7 Å². The molecule has 0 spiro atoms. The first kappa shape index (κ1) is 17.5. The van der Waals surface area contributed by atoms with E-state index in [1.807, 2.05) is 6.92 Å². The van der Waals surface area contributed by atoms with Gasteiger partial charge in [-0.25, -0.2) is 8.42 Å². The van der Waals surface area contributed by atoms with E-state index in [0.717, 1.165) is 5.56 Å². The number of carbonyl (C=O) groups is 1. The highest BCUT2D eigenvalue weighted by molar-refractivity contribution is 7.91. The molecular formula is C17H18ClNO3S. The van der Waals surface area contributed by atoms with Crippen molar-refractivity contribution in [3.05, 3.63) is 58.6 Å². The molecule has 1 amide bonds. The minimum absolute atomic E-state index is 0.00743. The number of benzene rings is 2. The van der Waals surface area contributed by atoms with Gasteiger partial charge in [0.05, 0.1) is 16.2 Å². The van der Waals surface area contributed by atoms with Gasteiger partial charge in [-0.05, 0) is 43.2 Å². The van der Waals surface area contributed by atoms with Gasteiger partial charge in [0.25, 0.3) is 5.91 Å². The van der Waals surface area contributed by atoms with Gasteiger partial charge in [-0.15, -0.1) is 0 Å². The molecule has 2 aromatic carbocycles. The number of amides is 1. The van der Waals surface area contributed by atoms with Gasteiger partial charge in [-0.1, -0.05) is 36.7 Å². The molecule has 1 N–H and O–H groups in total. The number of hydrogen-bond acceptors (Lipinski definition) is 3. The Morgan fingerprint density at radius 2 is 1.87 bits per heavy atom. The molecule has 0 heterocycles. The van der Waals surface area contributed by atoms with E-state index in [1.165, 1.54) is 12.1 Å². The van der Waals surface area contributed by atoms with Crippen LogP contribution >= 0.6 is 11.6 Å². The van der Waals surface area contributed by atoms with Gasteiger partial charge in [-0.2, -0.15) is 0 Å². The normalized spacial score (nSPS) is 11.3. The smallest absolute Gasteiger partial charge is 0.256 e. The summed E-state index contributed by atoms with van der Waals surface area (Å²) in [4.78, 5) is 12.6. The van der Waals surface area contributed by atoms with Crippen molar-refractivity contribution in [2.45, 2.75) is 25.2 Å². The second kappa shape index (κ2) is 7.15. The Balaban J connectivity index is 2.39. The summed E-state index contributed by atoms with van der Waals surface area (Å²) in [5.74, 6) is -0.460. The highest BCUT2D eigenvalue weighted by Gasteiger charge is 2.21. The largest absolute Gasteiger partial charge is 0.322 e. The van der Waals surface area contributed by atoms with Crippen LogP contribution in [0.2, 0.25) is 5.02 Å². The molecule has 2 aromatic rings. The van der Waals surface area contributed by atoms with Crippen LogP contribution in [-0.2, 0) is 9.84 Å². The predicted octanol–water partition coefficient (Wildman–Crippen LogP) is 4.08. The molecule has 0 unspecified atom stereocenters. The third-order valence-corrected chi connectivity index (χ3v) is 5.59. The molecule has 0 aliphatic heterocycles. The zero-order valence-electron chi connectivity index (χ0n) is 13.0. The standard InChI is InChI=1S/C17H18ClNO3S/c1-3-10-23(21,22)16-7-5-4-6-14(16)17(20)19-15-11-13(18)9-8-12(15)2/h4-9,11H,3,10H2,1-2H3,(H,19,20). The van der Waals surface area contributed by atoms with Gasteiger partial charge in [0.1, 0.15) is 0 Å². The van der Waals surface area contributed by atoms with E-state index in [0.29, 0.717) is 17.1 Å². The Kier molecular flexibility index (Phi) is 5.44. The molecule has 0 aliphatic carbocycles. The third kappa shape index (κ3) is 4.12. The monoisotopic (exact) mass is 351 g/mol. The molecule has 0 atom stereocenters. The van der Waals surface area contributed by atoms with E-state index in [9.17, 15) is 13.2 Å². The second-order valence-corrected chi connectivity index (χ2v) is 7.74. The molecule has 0 saturated heterocycles. The minimum atomic E-state index is -3.48. The summed E-state index contributed by atoms with van der Waals surface area (Å²) in [7, 11) is -3.48. The van der Waals surface area contributed by atoms with Crippen molar-refractivity contribution in [3.63, 3.8) is 0 Å². The first-order valence-electron chi connectivity index (χ1n) is 7.24. The summed E-state index contributed by atoms with van der Waals surface area (Å²) < 4.78 is 24.7. The molecule has 23 heavy (non-hydrogen) atoms. The summed E-state index contributed by atoms with van der Waals surface area (Å²) in [6.07, 6.45) is 0.492. The number of halogens is 1. The maximum atomic E-state index is 12.5. The molecule has 6 heteroatoms. The lowest BCUT2D eigenvalue weighted by molar-refractivity contribution is 0.102. The lowest BCUT2D eigenvalue weighted by Crippen LogP contribution is -2.18. The van der Waals surface area contributed by atoms with E-state index in [-0.39, 0.29) is 16.2 Å². The van der Waals surface area contributed by atoms with Gasteiger partial charge in [0.15, 0.2) is 9.84 Å². The van der Waals surface area contributed by atoms with Crippen molar-refractivity contribution in [1.29, 1.82) is 0 Å². The van der Waals surface area contributed by atoms with Crippen LogP contribution < -0.4 is 5.32 Å². The third-order valence-electron chi connectivity index (χ3n) is 3.39. The average molecular weight is 352 g/mol. The van der Waals surface area contributed by atoms with Crippen LogP contribution in [0, 0.1) is 6.92 Å².